The molecule has 1 atom stereocenters. The fraction of sp³-hybridized carbons (Fsp3) is 0.227. The number of ether oxygens (including phenoxy) is 1. The van der Waals surface area contributed by atoms with Crippen LogP contribution in [0.5, 0.6) is 5.75 Å². The molecular weight excluding hydrogens is 418 g/mol. The summed E-state index contributed by atoms with van der Waals surface area (Å²) in [5, 5.41) is 19.8. The van der Waals surface area contributed by atoms with Gasteiger partial charge in [0.05, 0.1) is 23.4 Å². The second-order valence-electron chi connectivity index (χ2n) is 6.94. The van der Waals surface area contributed by atoms with Gasteiger partial charge in [-0.1, -0.05) is 18.2 Å². The van der Waals surface area contributed by atoms with Gasteiger partial charge in [0, 0.05) is 11.8 Å². The number of aliphatic hydroxyl groups excluding tert-OH is 1. The highest BCUT2D eigenvalue weighted by molar-refractivity contribution is 5.92. The fourth-order valence-electron chi connectivity index (χ4n) is 3.32. The van der Waals surface area contributed by atoms with Gasteiger partial charge in [-0.15, -0.1) is 0 Å². The Hall–Kier alpha value is -3.33. The molecule has 0 amide bonds. The molecule has 9 heteroatoms. The lowest BCUT2D eigenvalue weighted by Crippen LogP contribution is -2.24. The van der Waals surface area contributed by atoms with Gasteiger partial charge < -0.3 is 19.5 Å². The molecule has 1 heterocycles. The van der Waals surface area contributed by atoms with Crippen molar-refractivity contribution >= 4 is 5.97 Å². The number of hydrogen-bond acceptors (Lipinski definition) is 3. The van der Waals surface area contributed by atoms with Crippen LogP contribution in [0.25, 0.3) is 11.3 Å². The molecule has 1 aromatic heterocycles. The van der Waals surface area contributed by atoms with E-state index in [4.69, 9.17) is 4.74 Å². The number of halogens is 4. The normalized spacial score (nSPS) is 12.6. The number of carbonyl (C=O) groups is 1. The van der Waals surface area contributed by atoms with Gasteiger partial charge in [0.2, 0.25) is 0 Å². The maximum atomic E-state index is 13.5. The number of carboxylic acid groups (broad SMARTS) is 1. The van der Waals surface area contributed by atoms with Crippen LogP contribution in [0, 0.1) is 12.7 Å². The van der Waals surface area contributed by atoms with Gasteiger partial charge in [-0.3, -0.25) is 0 Å². The van der Waals surface area contributed by atoms with E-state index in [1.54, 1.807) is 0 Å². The average Bonchev–Trinajstić information content (AvgIpc) is 3.03. The number of carboxylic acids is 1. The molecule has 0 spiro atoms. The lowest BCUT2D eigenvalue weighted by atomic mass is 10.00. The third kappa shape index (κ3) is 5.05. The lowest BCUT2D eigenvalue weighted by molar-refractivity contribution is -0.137. The Labute approximate surface area is 175 Å². The zero-order valence-corrected chi connectivity index (χ0v) is 16.4. The quantitative estimate of drug-likeness (QED) is 0.523. The summed E-state index contributed by atoms with van der Waals surface area (Å²) in [6.45, 7) is 0.978. The lowest BCUT2D eigenvalue weighted by Gasteiger charge is -2.18. The molecule has 0 aliphatic carbocycles. The Bertz CT molecular complexity index is 1070. The van der Waals surface area contributed by atoms with Crippen LogP contribution >= 0.6 is 0 Å². The van der Waals surface area contributed by atoms with Crippen molar-refractivity contribution < 1.29 is 37.3 Å². The Morgan fingerprint density at radius 3 is 2.39 bits per heavy atom. The number of hydrogen-bond donors (Lipinski definition) is 2. The first kappa shape index (κ1) is 22.4. The Kier molecular flexibility index (Phi) is 6.35. The highest BCUT2D eigenvalue weighted by atomic mass is 19.4. The third-order valence-corrected chi connectivity index (χ3v) is 4.71. The second-order valence-corrected chi connectivity index (χ2v) is 6.94. The van der Waals surface area contributed by atoms with Gasteiger partial charge in [0.15, 0.2) is 0 Å². The van der Waals surface area contributed by atoms with E-state index < -0.39 is 29.6 Å². The number of rotatable bonds is 7. The molecule has 1 unspecified atom stereocenters. The number of aliphatic hydroxyl groups is 1. The molecule has 0 bridgehead atoms. The molecule has 31 heavy (non-hydrogen) atoms. The van der Waals surface area contributed by atoms with Crippen LogP contribution in [0.4, 0.5) is 17.6 Å². The summed E-state index contributed by atoms with van der Waals surface area (Å²) in [6.07, 6.45) is -4.62. The van der Waals surface area contributed by atoms with E-state index in [1.807, 2.05) is 0 Å². The van der Waals surface area contributed by atoms with Gasteiger partial charge in [-0.2, -0.15) is 13.2 Å². The zero-order chi connectivity index (χ0) is 22.8. The van der Waals surface area contributed by atoms with E-state index in [0.717, 1.165) is 6.07 Å². The minimum absolute atomic E-state index is 0.0474. The van der Waals surface area contributed by atoms with E-state index in [2.05, 4.69) is 0 Å². The van der Waals surface area contributed by atoms with Crippen LogP contribution in [0.2, 0.25) is 0 Å². The molecule has 0 fully saturated rings. The van der Waals surface area contributed by atoms with Crippen molar-refractivity contribution in [2.24, 2.45) is 0 Å². The minimum atomic E-state index is -4.65. The molecule has 2 N–H and O–H groups in total. The fourth-order valence-corrected chi connectivity index (χ4v) is 3.32. The van der Waals surface area contributed by atoms with Crippen molar-refractivity contribution in [2.75, 3.05) is 6.61 Å². The predicted molar refractivity (Wildman–Crippen MR) is 104 cm³/mol. The van der Waals surface area contributed by atoms with E-state index in [1.165, 1.54) is 60.2 Å². The molecule has 0 aliphatic heterocycles. The summed E-state index contributed by atoms with van der Waals surface area (Å²) in [6, 6.07) is 9.96. The molecule has 3 aromatic rings. The summed E-state index contributed by atoms with van der Waals surface area (Å²) in [5.41, 5.74) is -1.07. The van der Waals surface area contributed by atoms with Crippen molar-refractivity contribution in [2.45, 2.75) is 25.7 Å². The maximum absolute atomic E-state index is 13.5. The SMILES string of the molecule is Cc1c(C(=O)O)cn(CC(O)COc2ccc(F)cc2)c1-c1ccccc1C(F)(F)F. The smallest absolute Gasteiger partial charge is 0.417 e. The molecule has 0 aliphatic rings. The first-order valence-electron chi connectivity index (χ1n) is 9.24. The Balaban J connectivity index is 1.93. The summed E-state index contributed by atoms with van der Waals surface area (Å²) < 4.78 is 60.2. The number of benzene rings is 2. The predicted octanol–water partition coefficient (Wildman–Crippen LogP) is 4.76. The van der Waals surface area contributed by atoms with Crippen molar-refractivity contribution in [3.8, 4) is 17.0 Å². The van der Waals surface area contributed by atoms with Crippen LogP contribution < -0.4 is 4.74 Å². The summed E-state index contributed by atoms with van der Waals surface area (Å²) in [4.78, 5) is 11.6. The van der Waals surface area contributed by atoms with Gasteiger partial charge >= 0.3 is 12.1 Å². The van der Waals surface area contributed by atoms with Crippen molar-refractivity contribution in [1.29, 1.82) is 0 Å². The standard InChI is InChI=1S/C22H19F4NO4/c1-13-18(21(29)30)11-27(10-15(28)12-31-16-8-6-14(23)7-9-16)20(13)17-4-2-3-5-19(17)22(24,25)26/h2-9,11,15,28H,10,12H2,1H3,(H,29,30). The molecule has 0 saturated heterocycles. The average molecular weight is 437 g/mol. The summed E-state index contributed by atoms with van der Waals surface area (Å²) >= 11 is 0. The van der Waals surface area contributed by atoms with E-state index in [-0.39, 0.29) is 35.5 Å². The van der Waals surface area contributed by atoms with Crippen LogP contribution in [0.1, 0.15) is 21.5 Å². The summed E-state index contributed by atoms with van der Waals surface area (Å²) in [5.74, 6) is -1.44. The Morgan fingerprint density at radius 2 is 1.77 bits per heavy atom. The number of alkyl halides is 3. The second kappa shape index (κ2) is 8.81. The van der Waals surface area contributed by atoms with Gasteiger partial charge in [0.1, 0.15) is 24.3 Å². The molecule has 164 valence electrons. The molecule has 3 rings (SSSR count). The number of nitrogens with zero attached hydrogens (tertiary/aromatic N) is 1. The van der Waals surface area contributed by atoms with Crippen LogP contribution in [-0.4, -0.2) is 33.5 Å². The summed E-state index contributed by atoms with van der Waals surface area (Å²) in [7, 11) is 0. The maximum Gasteiger partial charge on any atom is 0.417 e. The highest BCUT2D eigenvalue weighted by Gasteiger charge is 2.35. The van der Waals surface area contributed by atoms with E-state index in [9.17, 15) is 32.6 Å². The highest BCUT2D eigenvalue weighted by Crippen LogP contribution is 2.39. The van der Waals surface area contributed by atoms with Crippen LogP contribution in [-0.2, 0) is 12.7 Å². The minimum Gasteiger partial charge on any atom is -0.491 e. The van der Waals surface area contributed by atoms with Gasteiger partial charge in [0.25, 0.3) is 0 Å². The Morgan fingerprint density at radius 1 is 1.13 bits per heavy atom. The van der Waals surface area contributed by atoms with Crippen LogP contribution in [0.15, 0.2) is 54.7 Å². The molecule has 2 aromatic carbocycles. The molecule has 0 radical (unpaired) electrons. The van der Waals surface area contributed by atoms with Gasteiger partial charge in [-0.05, 0) is 42.8 Å². The van der Waals surface area contributed by atoms with Crippen molar-refractivity contribution in [3.05, 3.63) is 77.2 Å². The zero-order valence-electron chi connectivity index (χ0n) is 16.4. The molecular formula is C22H19F4NO4. The molecule has 0 saturated carbocycles. The van der Waals surface area contributed by atoms with E-state index in [0.29, 0.717) is 5.75 Å². The van der Waals surface area contributed by atoms with Crippen molar-refractivity contribution in [1.82, 2.24) is 4.57 Å². The van der Waals surface area contributed by atoms with E-state index >= 15 is 0 Å². The van der Waals surface area contributed by atoms with Gasteiger partial charge in [-0.25, -0.2) is 9.18 Å². The molecule has 5 nitrogen and oxygen atoms in total. The van der Waals surface area contributed by atoms with Crippen molar-refractivity contribution in [3.63, 3.8) is 0 Å². The third-order valence-electron chi connectivity index (χ3n) is 4.71. The first-order valence-corrected chi connectivity index (χ1v) is 9.24. The largest absolute Gasteiger partial charge is 0.491 e. The number of aromatic nitrogens is 1. The topological polar surface area (TPSA) is 71.7 Å². The first-order chi connectivity index (χ1) is 14.6. The number of aromatic carboxylic acids is 1. The van der Waals surface area contributed by atoms with Crippen LogP contribution in [0.3, 0.4) is 0 Å². The monoisotopic (exact) mass is 437 g/mol.